The van der Waals surface area contributed by atoms with Gasteiger partial charge in [0.1, 0.15) is 11.6 Å². The third-order valence-electron chi connectivity index (χ3n) is 4.79. The van der Waals surface area contributed by atoms with Crippen molar-refractivity contribution in [2.45, 2.75) is 13.5 Å². The number of esters is 1. The third-order valence-corrected chi connectivity index (χ3v) is 5.03. The topological polar surface area (TPSA) is 137 Å². The van der Waals surface area contributed by atoms with E-state index in [-0.39, 0.29) is 24.6 Å². The molecule has 11 heteroatoms. The molecular weight excluding hydrogens is 464 g/mol. The van der Waals surface area contributed by atoms with Crippen molar-refractivity contribution in [3.05, 3.63) is 86.0 Å². The first-order valence-corrected chi connectivity index (χ1v) is 10.7. The summed E-state index contributed by atoms with van der Waals surface area (Å²) in [6.45, 7) is 0.670. The Balaban J connectivity index is 1.71. The summed E-state index contributed by atoms with van der Waals surface area (Å²) in [5.74, 6) is -1.30. The first-order chi connectivity index (χ1) is 16.3. The molecule has 0 radical (unpaired) electrons. The fraction of sp³-hybridized carbons (Fsp3) is 0.217. The molecule has 10 nitrogen and oxygen atoms in total. The largest absolute Gasteiger partial charge is 0.482 e. The molecule has 0 unspecified atom stereocenters. The van der Waals surface area contributed by atoms with Crippen LogP contribution in [0.25, 0.3) is 0 Å². The van der Waals surface area contributed by atoms with Crippen molar-refractivity contribution in [2.75, 3.05) is 30.4 Å². The highest BCUT2D eigenvalue weighted by molar-refractivity contribution is 6.30. The number of nitrogens with two attached hydrogens (primary N) is 1. The van der Waals surface area contributed by atoms with Gasteiger partial charge in [-0.05, 0) is 30.7 Å². The molecule has 0 saturated carbocycles. The lowest BCUT2D eigenvalue weighted by Gasteiger charge is -2.23. The molecule has 0 spiro atoms. The number of likely N-dealkylation sites (N-methyl/N-ethyl adjacent to an activating group) is 1. The first kappa shape index (κ1) is 24.6. The van der Waals surface area contributed by atoms with E-state index in [1.165, 1.54) is 6.07 Å². The maximum atomic E-state index is 12.8. The van der Waals surface area contributed by atoms with Gasteiger partial charge in [0.25, 0.3) is 11.5 Å². The zero-order valence-electron chi connectivity index (χ0n) is 18.3. The summed E-state index contributed by atoms with van der Waals surface area (Å²) in [6.07, 6.45) is 0. The van der Waals surface area contributed by atoms with Gasteiger partial charge in [0.2, 0.25) is 0 Å². The van der Waals surface area contributed by atoms with E-state index in [1.54, 1.807) is 49.4 Å². The van der Waals surface area contributed by atoms with Crippen LogP contribution in [0.1, 0.15) is 12.5 Å². The quantitative estimate of drug-likeness (QED) is 0.440. The second-order valence-corrected chi connectivity index (χ2v) is 7.55. The van der Waals surface area contributed by atoms with Gasteiger partial charge in [0, 0.05) is 11.6 Å². The fourth-order valence-corrected chi connectivity index (χ4v) is 3.36. The number of nitrogens with zero attached hydrogens (tertiary/aromatic N) is 2. The molecule has 3 N–H and O–H groups in total. The van der Waals surface area contributed by atoms with Gasteiger partial charge in [-0.25, -0.2) is 9.59 Å². The number of amides is 1. The van der Waals surface area contributed by atoms with Gasteiger partial charge in [-0.3, -0.25) is 19.1 Å². The van der Waals surface area contributed by atoms with Crippen molar-refractivity contribution < 1.29 is 19.1 Å². The first-order valence-electron chi connectivity index (χ1n) is 10.3. The Morgan fingerprint density at radius 2 is 1.82 bits per heavy atom. The molecule has 0 bridgehead atoms. The SMILES string of the molecule is CCN(C(=O)COC(=O)COc1cccc(Cl)c1)c1c(N)n(Cc2ccccc2)c(=O)[nH]c1=O. The normalized spacial score (nSPS) is 10.5. The molecule has 1 amide bonds. The Bertz CT molecular complexity index is 1290. The summed E-state index contributed by atoms with van der Waals surface area (Å²) in [5.41, 5.74) is 5.19. The second-order valence-electron chi connectivity index (χ2n) is 7.11. The van der Waals surface area contributed by atoms with E-state index in [2.05, 4.69) is 4.98 Å². The summed E-state index contributed by atoms with van der Waals surface area (Å²) in [6, 6.07) is 15.5. The van der Waals surface area contributed by atoms with Gasteiger partial charge in [-0.1, -0.05) is 48.0 Å². The molecule has 3 rings (SSSR count). The smallest absolute Gasteiger partial charge is 0.344 e. The number of carbonyl (C=O) groups is 2. The van der Waals surface area contributed by atoms with Crippen LogP contribution in [0.4, 0.5) is 11.5 Å². The molecule has 1 aromatic heterocycles. The van der Waals surface area contributed by atoms with Gasteiger partial charge in [0.05, 0.1) is 6.54 Å². The van der Waals surface area contributed by atoms with Crippen LogP contribution in [0.5, 0.6) is 5.75 Å². The van der Waals surface area contributed by atoms with Crippen LogP contribution < -0.4 is 26.6 Å². The molecule has 178 valence electrons. The van der Waals surface area contributed by atoms with Gasteiger partial charge in [0.15, 0.2) is 18.9 Å². The van der Waals surface area contributed by atoms with E-state index in [0.29, 0.717) is 10.8 Å². The maximum absolute atomic E-state index is 12.8. The van der Waals surface area contributed by atoms with E-state index >= 15 is 0 Å². The lowest BCUT2D eigenvalue weighted by Crippen LogP contribution is -2.42. The van der Waals surface area contributed by atoms with Crippen molar-refractivity contribution in [3.8, 4) is 5.75 Å². The number of anilines is 2. The average molecular weight is 487 g/mol. The molecule has 0 fully saturated rings. The van der Waals surface area contributed by atoms with Crippen LogP contribution in [0.3, 0.4) is 0 Å². The molecule has 34 heavy (non-hydrogen) atoms. The van der Waals surface area contributed by atoms with E-state index < -0.39 is 36.3 Å². The number of aromatic nitrogens is 2. The molecule has 1 heterocycles. The van der Waals surface area contributed by atoms with E-state index in [4.69, 9.17) is 26.8 Å². The maximum Gasteiger partial charge on any atom is 0.344 e. The van der Waals surface area contributed by atoms with Crippen LogP contribution >= 0.6 is 11.6 Å². The van der Waals surface area contributed by atoms with Gasteiger partial charge in [-0.2, -0.15) is 0 Å². The molecule has 2 aromatic carbocycles. The van der Waals surface area contributed by atoms with Crippen molar-refractivity contribution in [1.29, 1.82) is 0 Å². The summed E-state index contributed by atoms with van der Waals surface area (Å²) < 4.78 is 11.4. The lowest BCUT2D eigenvalue weighted by atomic mass is 10.2. The molecule has 0 aliphatic rings. The molecule has 0 aliphatic heterocycles. The van der Waals surface area contributed by atoms with Gasteiger partial charge >= 0.3 is 11.7 Å². The number of nitrogens with one attached hydrogen (secondary N) is 1. The Labute approximate surface area is 199 Å². The monoisotopic (exact) mass is 486 g/mol. The number of halogens is 1. The summed E-state index contributed by atoms with van der Waals surface area (Å²) in [7, 11) is 0. The molecule has 0 aliphatic carbocycles. The highest BCUT2D eigenvalue weighted by atomic mass is 35.5. The highest BCUT2D eigenvalue weighted by Crippen LogP contribution is 2.19. The minimum Gasteiger partial charge on any atom is -0.482 e. The van der Waals surface area contributed by atoms with Crippen LogP contribution in [-0.4, -0.2) is 41.2 Å². The van der Waals surface area contributed by atoms with Crippen LogP contribution in [0, 0.1) is 0 Å². The highest BCUT2D eigenvalue weighted by Gasteiger charge is 2.24. The lowest BCUT2D eigenvalue weighted by molar-refractivity contribution is -0.149. The summed E-state index contributed by atoms with van der Waals surface area (Å²) in [4.78, 5) is 52.9. The van der Waals surface area contributed by atoms with Crippen molar-refractivity contribution in [3.63, 3.8) is 0 Å². The van der Waals surface area contributed by atoms with Gasteiger partial charge in [-0.15, -0.1) is 0 Å². The number of hydrogen-bond acceptors (Lipinski definition) is 7. The Hall–Kier alpha value is -4.05. The molecule has 3 aromatic rings. The minimum absolute atomic E-state index is 0.0478. The molecule has 0 atom stereocenters. The minimum atomic E-state index is -0.822. The fourth-order valence-electron chi connectivity index (χ4n) is 3.18. The van der Waals surface area contributed by atoms with Crippen LogP contribution in [0.15, 0.2) is 64.2 Å². The molecule has 0 saturated heterocycles. The van der Waals surface area contributed by atoms with Gasteiger partial charge < -0.3 is 20.1 Å². The zero-order chi connectivity index (χ0) is 24.7. The van der Waals surface area contributed by atoms with Crippen molar-refractivity contribution in [2.24, 2.45) is 0 Å². The number of carbonyl (C=O) groups excluding carboxylic acids is 2. The Morgan fingerprint density at radius 1 is 1.09 bits per heavy atom. The number of benzene rings is 2. The molecular formula is C23H23ClN4O6. The van der Waals surface area contributed by atoms with Crippen molar-refractivity contribution >= 4 is 35.0 Å². The van der Waals surface area contributed by atoms with Crippen molar-refractivity contribution in [1.82, 2.24) is 9.55 Å². The number of H-pyrrole nitrogens is 1. The second kappa shape index (κ2) is 11.2. The van der Waals surface area contributed by atoms with Crippen LogP contribution in [-0.2, 0) is 20.9 Å². The number of aromatic amines is 1. The van der Waals surface area contributed by atoms with Crippen LogP contribution in [0.2, 0.25) is 5.02 Å². The number of rotatable bonds is 9. The number of hydrogen-bond donors (Lipinski definition) is 2. The zero-order valence-corrected chi connectivity index (χ0v) is 19.1. The third kappa shape index (κ3) is 6.04. The summed E-state index contributed by atoms with van der Waals surface area (Å²) >= 11 is 5.86. The predicted molar refractivity (Wildman–Crippen MR) is 127 cm³/mol. The predicted octanol–water partition coefficient (Wildman–Crippen LogP) is 1.80. The average Bonchev–Trinajstić information content (AvgIpc) is 2.82. The summed E-state index contributed by atoms with van der Waals surface area (Å²) in [5, 5.41) is 0.441. The standard InChI is InChI=1S/C23H23ClN4O6/c1-2-27(18(29)13-34-19(30)14-33-17-10-6-9-16(24)11-17)20-21(25)28(23(32)26-22(20)31)12-15-7-4-3-5-8-15/h3-11H,2,12-14,25H2,1H3,(H,26,31,32). The number of ether oxygens (including phenoxy) is 2. The van der Waals surface area contributed by atoms with E-state index in [0.717, 1.165) is 15.0 Å². The van der Waals surface area contributed by atoms with E-state index in [9.17, 15) is 19.2 Å². The number of nitrogen functional groups attached to an aromatic ring is 1. The Kier molecular flexibility index (Phi) is 8.10. The Morgan fingerprint density at radius 3 is 2.50 bits per heavy atom. The van der Waals surface area contributed by atoms with E-state index in [1.807, 2.05) is 6.07 Å².